The number of nitrogens with zero attached hydrogens (tertiary/aromatic N) is 2. The summed E-state index contributed by atoms with van der Waals surface area (Å²) in [5, 5.41) is 19.2. The molecule has 0 unspecified atom stereocenters. The average molecular weight is 343 g/mol. The number of nitro groups is 1. The number of carbonyl (C=O) groups excluding carboxylic acids is 1. The van der Waals surface area contributed by atoms with Crippen LogP contribution >= 0.6 is 11.3 Å². The second-order valence-corrected chi connectivity index (χ2v) is 5.98. The Kier molecular flexibility index (Phi) is 4.66. The summed E-state index contributed by atoms with van der Waals surface area (Å²) in [6, 6.07) is 11.6. The van der Waals surface area contributed by atoms with Gasteiger partial charge in [0.25, 0.3) is 5.69 Å². The molecule has 0 radical (unpaired) electrons. The molecule has 0 fully saturated rings. The molecule has 0 aliphatic rings. The van der Waals surface area contributed by atoms with Crippen molar-refractivity contribution in [2.45, 2.75) is 13.0 Å². The van der Waals surface area contributed by atoms with Crippen molar-refractivity contribution >= 4 is 22.9 Å². The standard InChI is InChI=1S/C16H13N3O4S/c20-16(8-11-3-5-13(6-4-11)19(21)22)17-10-12-9-14(23-18-12)15-2-1-7-24-15/h1-7,9H,8,10H2,(H,17,20). The van der Waals surface area contributed by atoms with Gasteiger partial charge in [-0.2, -0.15) is 0 Å². The van der Waals surface area contributed by atoms with Gasteiger partial charge in [0.2, 0.25) is 5.91 Å². The van der Waals surface area contributed by atoms with Crippen molar-refractivity contribution in [2.24, 2.45) is 0 Å². The van der Waals surface area contributed by atoms with Crippen molar-refractivity contribution in [3.8, 4) is 10.6 Å². The van der Waals surface area contributed by atoms with Gasteiger partial charge in [0.05, 0.1) is 22.8 Å². The van der Waals surface area contributed by atoms with Gasteiger partial charge in [0, 0.05) is 18.2 Å². The van der Waals surface area contributed by atoms with E-state index in [0.29, 0.717) is 17.0 Å². The molecule has 0 saturated heterocycles. The van der Waals surface area contributed by atoms with Crippen molar-refractivity contribution < 1.29 is 14.2 Å². The Hall–Kier alpha value is -3.00. The lowest BCUT2D eigenvalue weighted by atomic mass is 10.1. The van der Waals surface area contributed by atoms with Crippen molar-refractivity contribution in [1.82, 2.24) is 10.5 Å². The van der Waals surface area contributed by atoms with Gasteiger partial charge < -0.3 is 9.84 Å². The number of aromatic nitrogens is 1. The molecule has 8 heteroatoms. The minimum atomic E-state index is -0.473. The van der Waals surface area contributed by atoms with E-state index in [9.17, 15) is 14.9 Å². The number of hydrogen-bond acceptors (Lipinski definition) is 6. The molecule has 1 amide bonds. The highest BCUT2D eigenvalue weighted by Crippen LogP contribution is 2.25. The van der Waals surface area contributed by atoms with Crippen LogP contribution in [0.1, 0.15) is 11.3 Å². The number of non-ortho nitro benzene ring substituents is 1. The van der Waals surface area contributed by atoms with E-state index < -0.39 is 4.92 Å². The molecule has 0 saturated carbocycles. The summed E-state index contributed by atoms with van der Waals surface area (Å²) in [6.45, 7) is 0.265. The first-order chi connectivity index (χ1) is 11.6. The Morgan fingerprint density at radius 3 is 2.75 bits per heavy atom. The van der Waals surface area contributed by atoms with Crippen molar-refractivity contribution in [2.75, 3.05) is 0 Å². The Bertz CT molecular complexity index is 841. The lowest BCUT2D eigenvalue weighted by molar-refractivity contribution is -0.384. The first-order valence-electron chi connectivity index (χ1n) is 7.11. The van der Waals surface area contributed by atoms with Crippen LogP contribution in [0.15, 0.2) is 52.4 Å². The zero-order chi connectivity index (χ0) is 16.9. The molecule has 0 bridgehead atoms. The number of thiophene rings is 1. The summed E-state index contributed by atoms with van der Waals surface area (Å²) in [7, 11) is 0. The molecule has 1 aromatic carbocycles. The summed E-state index contributed by atoms with van der Waals surface area (Å²) >= 11 is 1.55. The molecule has 2 heterocycles. The summed E-state index contributed by atoms with van der Waals surface area (Å²) in [5.41, 5.74) is 1.34. The Balaban J connectivity index is 1.53. The fourth-order valence-corrected chi connectivity index (χ4v) is 2.78. The molecule has 3 rings (SSSR count). The van der Waals surface area contributed by atoms with Gasteiger partial charge in [0.15, 0.2) is 5.76 Å². The molecule has 0 aliphatic carbocycles. The van der Waals surface area contributed by atoms with Crippen molar-refractivity contribution in [1.29, 1.82) is 0 Å². The Morgan fingerprint density at radius 2 is 2.08 bits per heavy atom. The van der Waals surface area contributed by atoms with Crippen LogP contribution in [0, 0.1) is 10.1 Å². The third-order valence-corrected chi connectivity index (χ3v) is 4.19. The molecule has 122 valence electrons. The topological polar surface area (TPSA) is 98.3 Å². The van der Waals surface area contributed by atoms with E-state index in [1.807, 2.05) is 17.5 Å². The number of benzene rings is 1. The normalized spacial score (nSPS) is 10.5. The van der Waals surface area contributed by atoms with Gasteiger partial charge in [0.1, 0.15) is 5.69 Å². The molecular weight excluding hydrogens is 330 g/mol. The second kappa shape index (κ2) is 7.05. The average Bonchev–Trinajstić information content (AvgIpc) is 3.25. The van der Waals surface area contributed by atoms with Gasteiger partial charge >= 0.3 is 0 Å². The van der Waals surface area contributed by atoms with Gasteiger partial charge in [-0.15, -0.1) is 11.3 Å². The number of amides is 1. The smallest absolute Gasteiger partial charge is 0.269 e. The van der Waals surface area contributed by atoms with Gasteiger partial charge in [-0.1, -0.05) is 23.4 Å². The van der Waals surface area contributed by atoms with Crippen LogP contribution in [0.25, 0.3) is 10.6 Å². The van der Waals surface area contributed by atoms with E-state index >= 15 is 0 Å². The number of hydrogen-bond donors (Lipinski definition) is 1. The highest BCUT2D eigenvalue weighted by atomic mass is 32.1. The molecule has 0 aliphatic heterocycles. The fraction of sp³-hybridized carbons (Fsp3) is 0.125. The summed E-state index contributed by atoms with van der Waals surface area (Å²) in [4.78, 5) is 23.0. The SMILES string of the molecule is O=C(Cc1ccc([N+](=O)[O-])cc1)NCc1cc(-c2cccs2)on1. The highest BCUT2D eigenvalue weighted by Gasteiger charge is 2.10. The summed E-state index contributed by atoms with van der Waals surface area (Å²) in [5.74, 6) is 0.481. The molecule has 1 N–H and O–H groups in total. The molecule has 3 aromatic rings. The minimum absolute atomic E-state index is 0.00265. The molecular formula is C16H13N3O4S. The van der Waals surface area contributed by atoms with E-state index in [4.69, 9.17) is 4.52 Å². The third kappa shape index (κ3) is 3.85. The van der Waals surface area contributed by atoms with E-state index in [-0.39, 0.29) is 24.6 Å². The molecule has 2 aromatic heterocycles. The Labute approximate surface area is 141 Å². The van der Waals surface area contributed by atoms with E-state index in [1.54, 1.807) is 29.5 Å². The van der Waals surface area contributed by atoms with E-state index in [1.165, 1.54) is 12.1 Å². The van der Waals surface area contributed by atoms with E-state index in [2.05, 4.69) is 10.5 Å². The summed E-state index contributed by atoms with van der Waals surface area (Å²) in [6.07, 6.45) is 0.146. The highest BCUT2D eigenvalue weighted by molar-refractivity contribution is 7.13. The van der Waals surface area contributed by atoms with Crippen molar-refractivity contribution in [3.63, 3.8) is 0 Å². The first-order valence-corrected chi connectivity index (χ1v) is 7.99. The predicted octanol–water partition coefficient (Wildman–Crippen LogP) is 3.17. The molecule has 0 spiro atoms. The zero-order valence-corrected chi connectivity index (χ0v) is 13.3. The van der Waals surface area contributed by atoms with Crippen LogP contribution in [0.2, 0.25) is 0 Å². The number of rotatable bonds is 6. The Morgan fingerprint density at radius 1 is 1.29 bits per heavy atom. The predicted molar refractivity (Wildman–Crippen MR) is 88.5 cm³/mol. The maximum Gasteiger partial charge on any atom is 0.269 e. The van der Waals surface area contributed by atoms with Crippen LogP contribution < -0.4 is 5.32 Å². The molecule has 7 nitrogen and oxygen atoms in total. The van der Waals surface area contributed by atoms with Gasteiger partial charge in [-0.3, -0.25) is 14.9 Å². The van der Waals surface area contributed by atoms with Crippen LogP contribution in [0.3, 0.4) is 0 Å². The number of nitro benzene ring substituents is 1. The maximum absolute atomic E-state index is 11.9. The van der Waals surface area contributed by atoms with Crippen LogP contribution in [0.4, 0.5) is 5.69 Å². The monoisotopic (exact) mass is 343 g/mol. The van der Waals surface area contributed by atoms with Gasteiger partial charge in [-0.25, -0.2) is 0 Å². The fourth-order valence-electron chi connectivity index (χ4n) is 2.10. The minimum Gasteiger partial charge on any atom is -0.355 e. The quantitative estimate of drug-likeness (QED) is 0.547. The number of nitrogens with one attached hydrogen (secondary N) is 1. The zero-order valence-electron chi connectivity index (χ0n) is 12.5. The van der Waals surface area contributed by atoms with Crippen LogP contribution in [0.5, 0.6) is 0 Å². The van der Waals surface area contributed by atoms with Crippen LogP contribution in [-0.4, -0.2) is 16.0 Å². The molecule has 24 heavy (non-hydrogen) atoms. The third-order valence-electron chi connectivity index (χ3n) is 3.30. The number of carbonyl (C=O) groups is 1. The summed E-state index contributed by atoms with van der Waals surface area (Å²) < 4.78 is 5.24. The molecule has 0 atom stereocenters. The largest absolute Gasteiger partial charge is 0.355 e. The maximum atomic E-state index is 11.9. The van der Waals surface area contributed by atoms with E-state index in [0.717, 1.165) is 4.88 Å². The second-order valence-electron chi connectivity index (χ2n) is 5.04. The first kappa shape index (κ1) is 15.9. The van der Waals surface area contributed by atoms with Crippen LogP contribution in [-0.2, 0) is 17.8 Å². The lowest BCUT2D eigenvalue weighted by Crippen LogP contribution is -2.24. The van der Waals surface area contributed by atoms with Gasteiger partial charge in [-0.05, 0) is 17.0 Å². The lowest BCUT2D eigenvalue weighted by Gasteiger charge is -2.03. The van der Waals surface area contributed by atoms with Crippen molar-refractivity contribution in [3.05, 3.63) is 69.2 Å².